The van der Waals surface area contributed by atoms with Gasteiger partial charge in [0.1, 0.15) is 12.1 Å². The van der Waals surface area contributed by atoms with Crippen molar-refractivity contribution in [1.82, 2.24) is 15.2 Å². The van der Waals surface area contributed by atoms with Crippen LogP contribution < -0.4 is 10.6 Å². The molecule has 0 aliphatic carbocycles. The van der Waals surface area contributed by atoms with Gasteiger partial charge in [0.25, 0.3) is 5.91 Å². The molecule has 2 heterocycles. The molecular formula is C24H22N4O5S. The molecule has 4 amide bonds. The van der Waals surface area contributed by atoms with Crippen LogP contribution in [0.1, 0.15) is 33.2 Å². The number of amides is 4. The maximum absolute atomic E-state index is 13.3. The molecule has 4 rings (SSSR count). The van der Waals surface area contributed by atoms with Crippen molar-refractivity contribution in [3.8, 4) is 0 Å². The van der Waals surface area contributed by atoms with E-state index in [0.717, 1.165) is 27.4 Å². The number of carbonyl (C=O) groups excluding carboxylic acids is 4. The van der Waals surface area contributed by atoms with E-state index in [4.69, 9.17) is 0 Å². The number of aromatic nitrogens is 1. The minimum Gasteiger partial charge on any atom is -0.464 e. The van der Waals surface area contributed by atoms with Crippen LogP contribution >= 0.6 is 11.3 Å². The normalized spacial score (nSPS) is 16.2. The third-order valence-corrected chi connectivity index (χ3v) is 6.15. The Kier molecular flexibility index (Phi) is 6.69. The van der Waals surface area contributed by atoms with Crippen LogP contribution in [0.25, 0.3) is 0 Å². The van der Waals surface area contributed by atoms with Crippen LogP contribution in [0.4, 0.5) is 9.93 Å². The van der Waals surface area contributed by atoms with Gasteiger partial charge in [-0.3, -0.25) is 9.59 Å². The largest absolute Gasteiger partial charge is 0.464 e. The van der Waals surface area contributed by atoms with Gasteiger partial charge < -0.3 is 15.4 Å². The van der Waals surface area contributed by atoms with Crippen molar-refractivity contribution in [2.24, 2.45) is 0 Å². The number of nitrogens with zero attached hydrogens (tertiary/aromatic N) is 2. The number of ether oxygens (including phenoxy) is 1. The van der Waals surface area contributed by atoms with Crippen molar-refractivity contribution in [3.05, 3.63) is 82.4 Å². The monoisotopic (exact) mass is 478 g/mol. The highest BCUT2D eigenvalue weighted by molar-refractivity contribution is 7.14. The summed E-state index contributed by atoms with van der Waals surface area (Å²) < 4.78 is 4.64. The predicted octanol–water partition coefficient (Wildman–Crippen LogP) is 3.08. The standard InChI is InChI=1S/C24H22N4O5S/c1-14-8-10-16(11-9-14)19-21(30)28(24(32)26-19)18(12-15-6-4-3-5-7-15)20(29)27-23-25-17(13-34-23)22(31)33-2/h3-11,13,18-19H,12H2,1-2H3,(H,26,32)(H,25,27,29)/t18-,19?/m0/s1. The average molecular weight is 479 g/mol. The fourth-order valence-electron chi connectivity index (χ4n) is 3.63. The fourth-order valence-corrected chi connectivity index (χ4v) is 4.31. The highest BCUT2D eigenvalue weighted by atomic mass is 32.1. The second kappa shape index (κ2) is 9.84. The van der Waals surface area contributed by atoms with E-state index in [-0.39, 0.29) is 17.2 Å². The van der Waals surface area contributed by atoms with E-state index < -0.39 is 35.9 Å². The number of benzene rings is 2. The Morgan fingerprint density at radius 3 is 2.53 bits per heavy atom. The Balaban J connectivity index is 1.61. The van der Waals surface area contributed by atoms with Crippen LogP contribution in [0.2, 0.25) is 0 Å². The molecule has 0 bridgehead atoms. The van der Waals surface area contributed by atoms with E-state index >= 15 is 0 Å². The molecule has 1 aliphatic heterocycles. The summed E-state index contributed by atoms with van der Waals surface area (Å²) in [6.07, 6.45) is 0.113. The summed E-state index contributed by atoms with van der Waals surface area (Å²) in [5.74, 6) is -1.74. The first-order chi connectivity index (χ1) is 16.4. The molecule has 0 spiro atoms. The van der Waals surface area contributed by atoms with Gasteiger partial charge in [-0.15, -0.1) is 11.3 Å². The highest BCUT2D eigenvalue weighted by Crippen LogP contribution is 2.26. The van der Waals surface area contributed by atoms with Crippen molar-refractivity contribution in [1.29, 1.82) is 0 Å². The van der Waals surface area contributed by atoms with Crippen LogP contribution in [-0.4, -0.2) is 46.9 Å². The molecule has 1 aromatic heterocycles. The smallest absolute Gasteiger partial charge is 0.357 e. The van der Waals surface area contributed by atoms with Crippen LogP contribution in [0.15, 0.2) is 60.0 Å². The SMILES string of the molecule is COC(=O)c1csc(NC(=O)[C@H](Cc2ccccc2)N2C(=O)NC(c3ccc(C)cc3)C2=O)n1. The summed E-state index contributed by atoms with van der Waals surface area (Å²) >= 11 is 1.04. The number of anilines is 1. The van der Waals surface area contributed by atoms with Gasteiger partial charge in [0, 0.05) is 11.8 Å². The first-order valence-corrected chi connectivity index (χ1v) is 11.3. The van der Waals surface area contributed by atoms with Gasteiger partial charge in [0.2, 0.25) is 5.91 Å². The maximum Gasteiger partial charge on any atom is 0.357 e. The molecule has 2 aromatic carbocycles. The zero-order chi connectivity index (χ0) is 24.2. The summed E-state index contributed by atoms with van der Waals surface area (Å²) in [5, 5.41) is 6.92. The van der Waals surface area contributed by atoms with E-state index in [0.29, 0.717) is 5.56 Å². The molecule has 10 heteroatoms. The molecule has 34 heavy (non-hydrogen) atoms. The molecule has 1 aliphatic rings. The lowest BCUT2D eigenvalue weighted by molar-refractivity contribution is -0.134. The zero-order valence-corrected chi connectivity index (χ0v) is 19.3. The average Bonchev–Trinajstić information content (AvgIpc) is 3.42. The van der Waals surface area contributed by atoms with Gasteiger partial charge in [-0.1, -0.05) is 60.2 Å². The second-order valence-electron chi connectivity index (χ2n) is 7.73. The van der Waals surface area contributed by atoms with Gasteiger partial charge in [-0.25, -0.2) is 19.5 Å². The van der Waals surface area contributed by atoms with E-state index in [1.807, 2.05) is 49.4 Å². The number of thiazole rings is 1. The Morgan fingerprint density at radius 1 is 1.15 bits per heavy atom. The van der Waals surface area contributed by atoms with Crippen molar-refractivity contribution < 1.29 is 23.9 Å². The third-order valence-electron chi connectivity index (χ3n) is 5.40. The first-order valence-electron chi connectivity index (χ1n) is 10.5. The lowest BCUT2D eigenvalue weighted by Gasteiger charge is -2.24. The van der Waals surface area contributed by atoms with Crippen molar-refractivity contribution in [2.75, 3.05) is 12.4 Å². The zero-order valence-electron chi connectivity index (χ0n) is 18.5. The van der Waals surface area contributed by atoms with Gasteiger partial charge >= 0.3 is 12.0 Å². The van der Waals surface area contributed by atoms with Crippen LogP contribution in [0.5, 0.6) is 0 Å². The number of esters is 1. The minimum atomic E-state index is -1.13. The molecule has 1 saturated heterocycles. The fraction of sp³-hybridized carbons (Fsp3) is 0.208. The summed E-state index contributed by atoms with van der Waals surface area (Å²) in [4.78, 5) is 56.2. The number of rotatable bonds is 7. The van der Waals surface area contributed by atoms with Gasteiger partial charge in [0.05, 0.1) is 7.11 Å². The number of nitrogens with one attached hydrogen (secondary N) is 2. The molecule has 2 atom stereocenters. The summed E-state index contributed by atoms with van der Waals surface area (Å²) in [5.41, 5.74) is 2.48. The lowest BCUT2D eigenvalue weighted by atomic mass is 10.0. The Labute approximate surface area is 199 Å². The number of hydrogen-bond acceptors (Lipinski definition) is 7. The molecular weight excluding hydrogens is 456 g/mol. The molecule has 0 saturated carbocycles. The van der Waals surface area contributed by atoms with Crippen LogP contribution in [0.3, 0.4) is 0 Å². The third kappa shape index (κ3) is 4.81. The Morgan fingerprint density at radius 2 is 1.85 bits per heavy atom. The molecule has 1 unspecified atom stereocenters. The lowest BCUT2D eigenvalue weighted by Crippen LogP contribution is -2.49. The van der Waals surface area contributed by atoms with Crippen molar-refractivity contribution in [2.45, 2.75) is 25.4 Å². The topological polar surface area (TPSA) is 118 Å². The molecule has 0 radical (unpaired) electrons. The number of methoxy groups -OCH3 is 1. The van der Waals surface area contributed by atoms with E-state index in [1.165, 1.54) is 12.5 Å². The van der Waals surface area contributed by atoms with E-state index in [1.54, 1.807) is 12.1 Å². The molecule has 2 N–H and O–H groups in total. The Bertz CT molecular complexity index is 1230. The molecule has 1 fully saturated rings. The number of carbonyl (C=O) groups is 4. The number of hydrogen-bond donors (Lipinski definition) is 2. The Hall–Kier alpha value is -4.05. The number of urea groups is 1. The van der Waals surface area contributed by atoms with E-state index in [2.05, 4.69) is 20.4 Å². The van der Waals surface area contributed by atoms with Crippen LogP contribution in [-0.2, 0) is 20.7 Å². The quantitative estimate of drug-likeness (QED) is 0.398. The van der Waals surface area contributed by atoms with Crippen molar-refractivity contribution >= 4 is 40.3 Å². The summed E-state index contributed by atoms with van der Waals surface area (Å²) in [7, 11) is 1.23. The first kappa shape index (κ1) is 23.1. The van der Waals surface area contributed by atoms with Gasteiger partial charge in [0.15, 0.2) is 10.8 Å². The number of imide groups is 1. The molecule has 3 aromatic rings. The second-order valence-corrected chi connectivity index (χ2v) is 8.58. The predicted molar refractivity (Wildman–Crippen MR) is 125 cm³/mol. The maximum atomic E-state index is 13.3. The number of aryl methyl sites for hydroxylation is 1. The summed E-state index contributed by atoms with van der Waals surface area (Å²) in [6, 6.07) is 13.7. The van der Waals surface area contributed by atoms with Crippen molar-refractivity contribution in [3.63, 3.8) is 0 Å². The molecule has 9 nitrogen and oxygen atoms in total. The highest BCUT2D eigenvalue weighted by Gasteiger charge is 2.45. The van der Waals surface area contributed by atoms with Gasteiger partial charge in [-0.2, -0.15) is 0 Å². The molecule has 174 valence electrons. The summed E-state index contributed by atoms with van der Waals surface area (Å²) in [6.45, 7) is 1.93. The minimum absolute atomic E-state index is 0.0526. The van der Waals surface area contributed by atoms with Gasteiger partial charge in [-0.05, 0) is 18.1 Å². The van der Waals surface area contributed by atoms with Crippen LogP contribution in [0, 0.1) is 6.92 Å². The van der Waals surface area contributed by atoms with E-state index in [9.17, 15) is 19.2 Å².